The molecule has 1 aromatic carbocycles. The Kier molecular flexibility index (Phi) is 4.62. The summed E-state index contributed by atoms with van der Waals surface area (Å²) in [4.78, 5) is 7.29. The molecule has 0 N–H and O–H groups in total. The maximum absolute atomic E-state index is 13.8. The number of rotatable bonds is 4. The minimum absolute atomic E-state index is 0.291. The Morgan fingerprint density at radius 1 is 1.14 bits per heavy atom. The lowest BCUT2D eigenvalue weighted by Crippen LogP contribution is -2.35. The fraction of sp³-hybridized carbons (Fsp3) is 0.571. The van der Waals surface area contributed by atoms with Crippen molar-refractivity contribution in [2.24, 2.45) is 0 Å². The van der Waals surface area contributed by atoms with Crippen molar-refractivity contribution in [1.29, 1.82) is 0 Å². The van der Waals surface area contributed by atoms with Crippen molar-refractivity contribution in [2.45, 2.75) is 63.8 Å². The maximum atomic E-state index is 13.8. The van der Waals surface area contributed by atoms with E-state index in [0.29, 0.717) is 29.3 Å². The van der Waals surface area contributed by atoms with E-state index in [4.69, 9.17) is 4.52 Å². The molecule has 0 unspecified atom stereocenters. The molecule has 1 saturated carbocycles. The zero-order chi connectivity index (χ0) is 19.1. The second kappa shape index (κ2) is 7.28. The molecule has 2 fully saturated rings. The predicted molar refractivity (Wildman–Crippen MR) is 104 cm³/mol. The van der Waals surface area contributed by atoms with E-state index in [2.05, 4.69) is 20.1 Å². The molecular weight excluding hydrogens is 357 g/mol. The number of aromatic nitrogens is 4. The largest absolute Gasteiger partial charge is 0.337 e. The van der Waals surface area contributed by atoms with Crippen molar-refractivity contribution in [3.63, 3.8) is 0 Å². The summed E-state index contributed by atoms with van der Waals surface area (Å²) in [5.74, 6) is 1.10. The van der Waals surface area contributed by atoms with Crippen LogP contribution in [0.3, 0.4) is 0 Å². The molecule has 7 heteroatoms. The van der Waals surface area contributed by atoms with Crippen LogP contribution in [-0.2, 0) is 6.42 Å². The summed E-state index contributed by atoms with van der Waals surface area (Å²) in [6, 6.07) is 5.44. The first-order valence-corrected chi connectivity index (χ1v) is 10.5. The molecule has 5 rings (SSSR count). The van der Waals surface area contributed by atoms with Crippen molar-refractivity contribution in [3.8, 4) is 5.95 Å². The summed E-state index contributed by atoms with van der Waals surface area (Å²) in [6.45, 7) is 4.54. The molecular formula is C21H26FN5O. The molecule has 2 aliphatic rings. The number of aryl methyl sites for hydroxylation is 1. The van der Waals surface area contributed by atoms with Gasteiger partial charge in [0.1, 0.15) is 5.82 Å². The molecule has 6 nitrogen and oxygen atoms in total. The Balaban J connectivity index is 1.37. The van der Waals surface area contributed by atoms with Gasteiger partial charge in [-0.25, -0.2) is 4.39 Å². The van der Waals surface area contributed by atoms with Crippen LogP contribution in [-0.4, -0.2) is 44.0 Å². The van der Waals surface area contributed by atoms with Crippen LogP contribution in [0.5, 0.6) is 0 Å². The fourth-order valence-electron chi connectivity index (χ4n) is 4.84. The van der Waals surface area contributed by atoms with Crippen LogP contribution in [0.1, 0.15) is 63.0 Å². The quantitative estimate of drug-likeness (QED) is 0.675. The first-order chi connectivity index (χ1) is 13.7. The zero-order valence-corrected chi connectivity index (χ0v) is 16.3. The molecule has 0 bridgehead atoms. The summed E-state index contributed by atoms with van der Waals surface area (Å²) in [5, 5.41) is 9.70. The second-order valence-corrected chi connectivity index (χ2v) is 8.05. The standard InChI is InChI=1S/C21H26FN5O/c1-2-18-17-10-7-15(22)13-19(17)27(24-18)21-23-20(28-25-21)14-5-8-16(9-6-14)26-11-3-4-12-26/h7,10,13-14,16H,2-6,8-9,11-12H2,1H3/t14-,16+. The van der Waals surface area contributed by atoms with Gasteiger partial charge in [-0.3, -0.25) is 0 Å². The predicted octanol–water partition coefficient (Wildman–Crippen LogP) is 4.23. The van der Waals surface area contributed by atoms with E-state index in [1.54, 1.807) is 10.7 Å². The van der Waals surface area contributed by atoms with E-state index in [1.807, 2.05) is 6.92 Å². The van der Waals surface area contributed by atoms with Gasteiger partial charge in [-0.2, -0.15) is 14.8 Å². The molecule has 1 saturated heterocycles. The third kappa shape index (κ3) is 3.11. The highest BCUT2D eigenvalue weighted by atomic mass is 19.1. The normalized spacial score (nSPS) is 23.6. The van der Waals surface area contributed by atoms with E-state index in [-0.39, 0.29) is 5.82 Å². The summed E-state index contributed by atoms with van der Waals surface area (Å²) in [6.07, 6.45) is 7.99. The first-order valence-electron chi connectivity index (χ1n) is 10.5. The van der Waals surface area contributed by atoms with Crippen LogP contribution in [0, 0.1) is 5.82 Å². The van der Waals surface area contributed by atoms with Crippen molar-refractivity contribution in [2.75, 3.05) is 13.1 Å². The van der Waals surface area contributed by atoms with E-state index in [0.717, 1.165) is 30.3 Å². The van der Waals surface area contributed by atoms with Crippen molar-refractivity contribution in [3.05, 3.63) is 35.6 Å². The van der Waals surface area contributed by atoms with Gasteiger partial charge in [0.15, 0.2) is 0 Å². The average molecular weight is 383 g/mol. The monoisotopic (exact) mass is 383 g/mol. The van der Waals surface area contributed by atoms with Crippen LogP contribution in [0.2, 0.25) is 0 Å². The van der Waals surface area contributed by atoms with Gasteiger partial charge in [-0.15, -0.1) is 0 Å². The van der Waals surface area contributed by atoms with E-state index in [9.17, 15) is 4.39 Å². The zero-order valence-electron chi connectivity index (χ0n) is 16.3. The van der Waals surface area contributed by atoms with E-state index < -0.39 is 0 Å². The Hall–Kier alpha value is -2.28. The number of likely N-dealkylation sites (tertiary alicyclic amines) is 1. The van der Waals surface area contributed by atoms with Crippen molar-refractivity contribution >= 4 is 10.9 Å². The van der Waals surface area contributed by atoms with E-state index in [1.165, 1.54) is 50.9 Å². The lowest BCUT2D eigenvalue weighted by Gasteiger charge is -2.33. The molecule has 3 aromatic rings. The summed E-state index contributed by atoms with van der Waals surface area (Å²) >= 11 is 0. The molecule has 0 spiro atoms. The van der Waals surface area contributed by atoms with Crippen LogP contribution < -0.4 is 0 Å². The highest BCUT2D eigenvalue weighted by Crippen LogP contribution is 2.35. The van der Waals surface area contributed by atoms with Gasteiger partial charge >= 0.3 is 0 Å². The smallest absolute Gasteiger partial charge is 0.291 e. The highest BCUT2D eigenvalue weighted by molar-refractivity contribution is 5.83. The lowest BCUT2D eigenvalue weighted by molar-refractivity contribution is 0.172. The molecule has 1 aliphatic carbocycles. The molecule has 0 radical (unpaired) electrons. The second-order valence-electron chi connectivity index (χ2n) is 8.05. The Morgan fingerprint density at radius 3 is 2.68 bits per heavy atom. The van der Waals surface area contributed by atoms with Crippen LogP contribution in [0.4, 0.5) is 4.39 Å². The van der Waals surface area contributed by atoms with Crippen LogP contribution in [0.15, 0.2) is 22.7 Å². The molecule has 0 atom stereocenters. The minimum atomic E-state index is -0.291. The van der Waals surface area contributed by atoms with Gasteiger partial charge in [-0.1, -0.05) is 6.92 Å². The Bertz CT molecular complexity index is 966. The lowest BCUT2D eigenvalue weighted by atomic mass is 9.85. The Labute approximate surface area is 163 Å². The van der Waals surface area contributed by atoms with Gasteiger partial charge < -0.3 is 9.42 Å². The van der Waals surface area contributed by atoms with Gasteiger partial charge in [0, 0.05) is 23.4 Å². The summed E-state index contributed by atoms with van der Waals surface area (Å²) < 4.78 is 21.0. The molecule has 2 aromatic heterocycles. The number of halogens is 1. The summed E-state index contributed by atoms with van der Waals surface area (Å²) in [5.41, 5.74) is 1.59. The molecule has 0 amide bonds. The number of hydrogen-bond donors (Lipinski definition) is 0. The van der Waals surface area contributed by atoms with Crippen LogP contribution in [0.25, 0.3) is 16.9 Å². The molecule has 1 aliphatic heterocycles. The van der Waals surface area contributed by atoms with Gasteiger partial charge in [0.2, 0.25) is 5.89 Å². The van der Waals surface area contributed by atoms with Gasteiger partial charge in [-0.05, 0) is 75.3 Å². The fourth-order valence-corrected chi connectivity index (χ4v) is 4.84. The molecule has 148 valence electrons. The summed E-state index contributed by atoms with van der Waals surface area (Å²) in [7, 11) is 0. The number of nitrogens with zero attached hydrogens (tertiary/aromatic N) is 5. The third-order valence-corrected chi connectivity index (χ3v) is 6.38. The highest BCUT2D eigenvalue weighted by Gasteiger charge is 2.31. The molecule has 28 heavy (non-hydrogen) atoms. The third-order valence-electron chi connectivity index (χ3n) is 6.38. The topological polar surface area (TPSA) is 60.0 Å². The van der Waals surface area contributed by atoms with Crippen molar-refractivity contribution in [1.82, 2.24) is 24.8 Å². The van der Waals surface area contributed by atoms with Gasteiger partial charge in [0.05, 0.1) is 11.2 Å². The number of fused-ring (bicyclic) bond motifs is 1. The maximum Gasteiger partial charge on any atom is 0.291 e. The number of benzene rings is 1. The Morgan fingerprint density at radius 2 is 1.93 bits per heavy atom. The average Bonchev–Trinajstić information content (AvgIpc) is 3.47. The minimum Gasteiger partial charge on any atom is -0.337 e. The number of hydrogen-bond acceptors (Lipinski definition) is 5. The SMILES string of the molecule is CCc1nn(-c2noc([C@H]3CC[C@@H](N4CCCC4)CC3)n2)c2cc(F)ccc12. The van der Waals surface area contributed by atoms with Crippen LogP contribution >= 0.6 is 0 Å². The molecule has 3 heterocycles. The van der Waals surface area contributed by atoms with Gasteiger partial charge in [0.25, 0.3) is 5.95 Å². The van der Waals surface area contributed by atoms with E-state index >= 15 is 0 Å². The first kappa shape index (κ1) is 17.8. The van der Waals surface area contributed by atoms with Crippen molar-refractivity contribution < 1.29 is 8.91 Å².